The number of carbonyl (C=O) groups is 1. The van der Waals surface area contributed by atoms with Gasteiger partial charge in [0.05, 0.1) is 13.7 Å². The molecule has 5 atom stereocenters. The molecule has 0 aromatic rings. The van der Waals surface area contributed by atoms with Crippen molar-refractivity contribution in [2.45, 2.75) is 115 Å². The summed E-state index contributed by atoms with van der Waals surface area (Å²) in [5.41, 5.74) is 0. The molecule has 7 N–H and O–H groups in total. The van der Waals surface area contributed by atoms with Crippen LogP contribution in [0, 0.1) is 5.92 Å². The lowest BCUT2D eigenvalue weighted by molar-refractivity contribution is -0.635. The monoisotopic (exact) mass is 529 g/mol. The minimum absolute atomic E-state index is 0.219. The predicted octanol–water partition coefficient (Wildman–Crippen LogP) is 1.36. The van der Waals surface area contributed by atoms with Crippen molar-refractivity contribution in [1.82, 2.24) is 0 Å². The molecule has 0 spiro atoms. The summed E-state index contributed by atoms with van der Waals surface area (Å²) in [6, 6.07) is 0. The quantitative estimate of drug-likeness (QED) is 0.0912. The number of aliphatic carboxylic acids is 1. The first-order valence-corrected chi connectivity index (χ1v) is 14.0. The van der Waals surface area contributed by atoms with Crippen molar-refractivity contribution in [3.63, 3.8) is 0 Å². The second-order valence-electron chi connectivity index (χ2n) is 9.36. The third kappa shape index (κ3) is 23.3. The summed E-state index contributed by atoms with van der Waals surface area (Å²) in [7, 11) is 1.70. The largest absolute Gasteiger partial charge is 0.550 e. The van der Waals surface area contributed by atoms with Gasteiger partial charge in [0, 0.05) is 5.97 Å². The fourth-order valence-corrected chi connectivity index (χ4v) is 3.62. The van der Waals surface area contributed by atoms with Gasteiger partial charge in [-0.2, -0.15) is 0 Å². The van der Waals surface area contributed by atoms with Crippen LogP contribution in [0.5, 0.6) is 0 Å². The number of carboxylic acid groups (broad SMARTS) is 1. The molecule has 0 fully saturated rings. The second-order valence-corrected chi connectivity index (χ2v) is 9.36. The van der Waals surface area contributed by atoms with Crippen LogP contribution in [0.1, 0.15) is 90.9 Å². The van der Waals surface area contributed by atoms with E-state index in [1.807, 2.05) is 6.92 Å². The van der Waals surface area contributed by atoms with Crippen molar-refractivity contribution in [2.75, 3.05) is 20.2 Å². The number of allylic oxidation sites excluding steroid dienone is 6. The maximum atomic E-state index is 10.8. The number of carboxylic acids is 1. The molecule has 8 nitrogen and oxygen atoms in total. The van der Waals surface area contributed by atoms with Crippen LogP contribution in [0.25, 0.3) is 0 Å². The van der Waals surface area contributed by atoms with Gasteiger partial charge in [-0.05, 0) is 50.9 Å². The van der Waals surface area contributed by atoms with Crippen LogP contribution in [-0.4, -0.2) is 76.1 Å². The van der Waals surface area contributed by atoms with E-state index in [0.29, 0.717) is 6.42 Å². The lowest BCUT2D eigenvalue weighted by atomic mass is 9.98. The van der Waals surface area contributed by atoms with Crippen molar-refractivity contribution in [3.05, 3.63) is 36.5 Å². The molecular weight excluding hydrogens is 474 g/mol. The molecule has 0 aliphatic carbocycles. The maximum absolute atomic E-state index is 10.8. The van der Waals surface area contributed by atoms with Gasteiger partial charge in [-0.3, -0.25) is 0 Å². The van der Waals surface area contributed by atoms with Crippen molar-refractivity contribution in [3.8, 4) is 0 Å². The molecule has 37 heavy (non-hydrogen) atoms. The number of carbonyl (C=O) groups excluding carboxylic acids is 1. The van der Waals surface area contributed by atoms with Crippen LogP contribution in [0.3, 0.4) is 0 Å². The number of hydrogen-bond donors (Lipinski definition) is 6. The van der Waals surface area contributed by atoms with E-state index in [4.69, 9.17) is 15.3 Å². The van der Waals surface area contributed by atoms with E-state index in [0.717, 1.165) is 38.5 Å². The Morgan fingerprint density at radius 1 is 0.784 bits per heavy atom. The minimum atomic E-state index is -1.53. The predicted molar refractivity (Wildman–Crippen MR) is 146 cm³/mol. The number of unbranched alkanes of at least 4 members (excludes halogenated alkanes) is 6. The van der Waals surface area contributed by atoms with Gasteiger partial charge < -0.3 is 40.8 Å². The van der Waals surface area contributed by atoms with Crippen LogP contribution in [0.4, 0.5) is 0 Å². The molecule has 0 aromatic heterocycles. The van der Waals surface area contributed by atoms with E-state index >= 15 is 0 Å². The van der Waals surface area contributed by atoms with Crippen molar-refractivity contribution >= 4 is 5.97 Å². The molecule has 8 heteroatoms. The number of nitrogens with two attached hydrogens (primary N) is 1. The van der Waals surface area contributed by atoms with E-state index in [1.165, 1.54) is 32.1 Å². The standard InChI is InChI=1S/C22H38O2.C7H17NO5/c1-3-5-6-7-8-9-10-11-12-13-14-15-16-17-18-19-20-21(4-2)22(23)24;1-8-2-4(10)6(12)7(13)5(11)3-9/h5-6,8-9,11-12,21H,3-4,7,10,13-20H2,1-2H3,(H,23,24);4-13H,2-3H2,1H3/b6-5-,9-8-,12-11-;. The maximum Gasteiger partial charge on any atom is 0.131 e. The number of likely N-dealkylation sites (N-methyl/N-ethyl adjacent to an activating group) is 1. The lowest BCUT2D eigenvalue weighted by Crippen LogP contribution is -2.83. The Balaban J connectivity index is 0. The van der Waals surface area contributed by atoms with Gasteiger partial charge in [-0.1, -0.05) is 82.4 Å². The molecule has 0 bridgehead atoms. The Hall–Kier alpha value is -1.55. The van der Waals surface area contributed by atoms with E-state index in [-0.39, 0.29) is 12.5 Å². The molecule has 0 rings (SSSR count). The zero-order valence-electron chi connectivity index (χ0n) is 23.4. The normalized spacial score (nSPS) is 16.0. The smallest absolute Gasteiger partial charge is 0.131 e. The van der Waals surface area contributed by atoms with Crippen LogP contribution in [0.15, 0.2) is 36.5 Å². The van der Waals surface area contributed by atoms with Crippen LogP contribution in [-0.2, 0) is 4.79 Å². The Kier molecular flexibility index (Phi) is 27.9. The van der Waals surface area contributed by atoms with Gasteiger partial charge in [0.25, 0.3) is 0 Å². The molecule has 0 heterocycles. The molecule has 0 aliphatic rings. The zero-order valence-corrected chi connectivity index (χ0v) is 23.4. The van der Waals surface area contributed by atoms with E-state index < -0.39 is 37.0 Å². The number of rotatable bonds is 22. The Morgan fingerprint density at radius 2 is 1.30 bits per heavy atom. The fraction of sp³-hybridized carbons (Fsp3) is 0.759. The zero-order chi connectivity index (χ0) is 28.3. The molecule has 0 aliphatic heterocycles. The Morgan fingerprint density at radius 3 is 1.81 bits per heavy atom. The highest BCUT2D eigenvalue weighted by Crippen LogP contribution is 2.15. The van der Waals surface area contributed by atoms with Crippen LogP contribution in [0.2, 0.25) is 0 Å². The van der Waals surface area contributed by atoms with Gasteiger partial charge in [0.2, 0.25) is 0 Å². The van der Waals surface area contributed by atoms with Crippen molar-refractivity contribution in [1.29, 1.82) is 0 Å². The number of quaternary nitrogens is 1. The molecular formula is C29H55NO7. The summed E-state index contributed by atoms with van der Waals surface area (Å²) in [5, 5.41) is 57.4. The molecule has 0 aromatic carbocycles. The van der Waals surface area contributed by atoms with Gasteiger partial charge in [0.15, 0.2) is 0 Å². The van der Waals surface area contributed by atoms with Crippen molar-refractivity contribution in [2.24, 2.45) is 5.92 Å². The summed E-state index contributed by atoms with van der Waals surface area (Å²) in [6.07, 6.45) is 20.9. The summed E-state index contributed by atoms with van der Waals surface area (Å²) >= 11 is 0. The Bertz CT molecular complexity index is 595. The summed E-state index contributed by atoms with van der Waals surface area (Å²) < 4.78 is 0. The molecule has 0 amide bonds. The number of aliphatic hydroxyl groups excluding tert-OH is 5. The first kappa shape index (κ1) is 37.6. The molecule has 5 unspecified atom stereocenters. The summed E-state index contributed by atoms with van der Waals surface area (Å²) in [6.45, 7) is 3.65. The highest BCUT2D eigenvalue weighted by molar-refractivity contribution is 5.67. The van der Waals surface area contributed by atoms with Crippen LogP contribution < -0.4 is 10.4 Å². The third-order valence-corrected chi connectivity index (χ3v) is 6.08. The third-order valence-electron chi connectivity index (χ3n) is 6.08. The summed E-state index contributed by atoms with van der Waals surface area (Å²) in [5.74, 6) is -1.12. The SMILES string of the molecule is CC/C=C\C/C=C\C/C=C\CCCCCCCCC(CC)C(=O)[O-].C[NH2+]CC(O)C(O)C(O)C(O)CO. The fourth-order valence-electron chi connectivity index (χ4n) is 3.62. The highest BCUT2D eigenvalue weighted by atomic mass is 16.4. The van der Waals surface area contributed by atoms with E-state index in [1.54, 1.807) is 12.4 Å². The minimum Gasteiger partial charge on any atom is -0.550 e. The lowest BCUT2D eigenvalue weighted by Gasteiger charge is -2.24. The van der Waals surface area contributed by atoms with Crippen molar-refractivity contribution < 1.29 is 40.8 Å². The van der Waals surface area contributed by atoms with Gasteiger partial charge >= 0.3 is 0 Å². The molecule has 0 saturated heterocycles. The van der Waals surface area contributed by atoms with Gasteiger partial charge in [-0.25, -0.2) is 0 Å². The second kappa shape index (κ2) is 27.5. The number of aliphatic hydroxyl groups is 5. The highest BCUT2D eigenvalue weighted by Gasteiger charge is 2.30. The van der Waals surface area contributed by atoms with Gasteiger partial charge in [-0.15, -0.1) is 0 Å². The molecule has 0 radical (unpaired) electrons. The molecule has 218 valence electrons. The molecule has 0 saturated carbocycles. The average Bonchev–Trinajstić information content (AvgIpc) is 2.89. The Labute approximate surface area is 224 Å². The van der Waals surface area contributed by atoms with Crippen LogP contribution >= 0.6 is 0 Å². The average molecular weight is 530 g/mol. The number of hydrogen-bond acceptors (Lipinski definition) is 7. The first-order valence-electron chi connectivity index (χ1n) is 14.0. The topological polar surface area (TPSA) is 158 Å². The van der Waals surface area contributed by atoms with E-state index in [9.17, 15) is 20.1 Å². The van der Waals surface area contributed by atoms with E-state index in [2.05, 4.69) is 43.4 Å². The van der Waals surface area contributed by atoms with Gasteiger partial charge in [0.1, 0.15) is 31.0 Å². The summed E-state index contributed by atoms with van der Waals surface area (Å²) in [4.78, 5) is 10.8. The first-order chi connectivity index (χ1) is 17.8.